The Morgan fingerprint density at radius 1 is 1.43 bits per heavy atom. The highest BCUT2D eigenvalue weighted by Gasteiger charge is 2.43. The second kappa shape index (κ2) is 3.66. The smallest absolute Gasteiger partial charge is 0.128 e. The van der Waals surface area contributed by atoms with E-state index >= 15 is 0 Å². The van der Waals surface area contributed by atoms with Crippen LogP contribution in [0.5, 0.6) is 0 Å². The van der Waals surface area contributed by atoms with Crippen molar-refractivity contribution in [1.82, 2.24) is 9.97 Å². The van der Waals surface area contributed by atoms with Gasteiger partial charge >= 0.3 is 0 Å². The minimum absolute atomic E-state index is 0.317. The summed E-state index contributed by atoms with van der Waals surface area (Å²) in [5.74, 6) is 0. The quantitative estimate of drug-likeness (QED) is 0.469. The van der Waals surface area contributed by atoms with Gasteiger partial charge in [-0.1, -0.05) is 0 Å². The zero-order chi connectivity index (χ0) is 10.1. The Morgan fingerprint density at radius 3 is 2.71 bits per heavy atom. The summed E-state index contributed by atoms with van der Waals surface area (Å²) in [5.41, 5.74) is 0.590. The molecule has 1 aromatic heterocycles. The topological polar surface area (TPSA) is 98.6 Å². The number of imidazole rings is 1. The molecule has 78 valence electrons. The van der Waals surface area contributed by atoms with Crippen molar-refractivity contribution in [3.8, 4) is 0 Å². The predicted octanol–water partition coefficient (Wildman–Crippen LogP) is -1.44. The summed E-state index contributed by atoms with van der Waals surface area (Å²) in [6.45, 7) is -0.317. The number of hydrogen-bond acceptors (Lipinski definition) is 5. The highest BCUT2D eigenvalue weighted by molar-refractivity contribution is 5.07. The third kappa shape index (κ3) is 1.42. The van der Waals surface area contributed by atoms with Gasteiger partial charge in [-0.25, -0.2) is 4.98 Å². The third-order valence-corrected chi connectivity index (χ3v) is 2.37. The van der Waals surface area contributed by atoms with Gasteiger partial charge < -0.3 is 25.0 Å². The zero-order valence-corrected chi connectivity index (χ0v) is 7.37. The minimum atomic E-state index is -1.06. The first-order valence-corrected chi connectivity index (χ1v) is 4.34. The molecule has 2 heterocycles. The predicted molar refractivity (Wildman–Crippen MR) is 45.3 cm³/mol. The SMILES string of the molecule is OC[C@@H]1O[C@@H](c2cnc[nH]2)[C@H](O)[C@@H]1O. The molecule has 0 saturated carbocycles. The van der Waals surface area contributed by atoms with Gasteiger partial charge in [0.15, 0.2) is 0 Å². The maximum absolute atomic E-state index is 9.60. The van der Waals surface area contributed by atoms with Crippen molar-refractivity contribution in [2.24, 2.45) is 0 Å². The number of aliphatic hydroxyl groups excluding tert-OH is 3. The molecule has 1 aliphatic heterocycles. The molecule has 1 aromatic rings. The number of aliphatic hydroxyl groups is 3. The molecule has 0 amide bonds. The van der Waals surface area contributed by atoms with Crippen LogP contribution in [0.4, 0.5) is 0 Å². The van der Waals surface area contributed by atoms with Crippen LogP contribution in [0.2, 0.25) is 0 Å². The number of ether oxygens (including phenoxy) is 1. The molecule has 0 aliphatic carbocycles. The van der Waals surface area contributed by atoms with Gasteiger partial charge in [0.25, 0.3) is 0 Å². The van der Waals surface area contributed by atoms with Crippen molar-refractivity contribution in [3.63, 3.8) is 0 Å². The molecule has 0 bridgehead atoms. The van der Waals surface area contributed by atoms with E-state index in [1.165, 1.54) is 12.5 Å². The number of aromatic nitrogens is 2. The summed E-state index contributed by atoms with van der Waals surface area (Å²) in [6, 6.07) is 0. The minimum Gasteiger partial charge on any atom is -0.394 e. The Balaban J connectivity index is 2.16. The lowest BCUT2D eigenvalue weighted by Crippen LogP contribution is -2.32. The average molecular weight is 200 g/mol. The first-order valence-electron chi connectivity index (χ1n) is 4.34. The lowest BCUT2D eigenvalue weighted by Gasteiger charge is -2.11. The van der Waals surface area contributed by atoms with Gasteiger partial charge in [0.05, 0.1) is 24.8 Å². The van der Waals surface area contributed by atoms with E-state index in [0.717, 1.165) is 0 Å². The molecule has 2 rings (SSSR count). The average Bonchev–Trinajstić information content (AvgIpc) is 2.78. The number of H-pyrrole nitrogens is 1. The summed E-state index contributed by atoms with van der Waals surface area (Å²) in [7, 11) is 0. The molecule has 0 unspecified atom stereocenters. The summed E-state index contributed by atoms with van der Waals surface area (Å²) in [6.07, 6.45) is -0.506. The van der Waals surface area contributed by atoms with Crippen molar-refractivity contribution in [2.75, 3.05) is 6.61 Å². The fourth-order valence-corrected chi connectivity index (χ4v) is 1.58. The summed E-state index contributed by atoms with van der Waals surface area (Å²) < 4.78 is 5.26. The molecule has 0 aromatic carbocycles. The normalized spacial score (nSPS) is 37.6. The highest BCUT2D eigenvalue weighted by Crippen LogP contribution is 2.31. The van der Waals surface area contributed by atoms with Gasteiger partial charge in [0, 0.05) is 0 Å². The molecule has 1 fully saturated rings. The lowest BCUT2D eigenvalue weighted by molar-refractivity contribution is -0.0238. The summed E-state index contributed by atoms with van der Waals surface area (Å²) >= 11 is 0. The Labute approximate surface area is 80.2 Å². The second-order valence-corrected chi connectivity index (χ2v) is 3.27. The van der Waals surface area contributed by atoms with Crippen LogP contribution in [0.1, 0.15) is 11.8 Å². The van der Waals surface area contributed by atoms with Crippen molar-refractivity contribution in [2.45, 2.75) is 24.4 Å². The van der Waals surface area contributed by atoms with Gasteiger partial charge in [-0.15, -0.1) is 0 Å². The molecule has 4 N–H and O–H groups in total. The molecule has 1 aliphatic rings. The third-order valence-electron chi connectivity index (χ3n) is 2.37. The van der Waals surface area contributed by atoms with Crippen molar-refractivity contribution >= 4 is 0 Å². The highest BCUT2D eigenvalue weighted by atomic mass is 16.6. The van der Waals surface area contributed by atoms with Crippen LogP contribution in [0.15, 0.2) is 12.5 Å². The van der Waals surface area contributed by atoms with Crippen molar-refractivity contribution in [3.05, 3.63) is 18.2 Å². The maximum Gasteiger partial charge on any atom is 0.128 e. The van der Waals surface area contributed by atoms with Crippen LogP contribution in [0, 0.1) is 0 Å². The molecular weight excluding hydrogens is 188 g/mol. The van der Waals surface area contributed by atoms with E-state index in [0.29, 0.717) is 5.69 Å². The summed E-state index contributed by atoms with van der Waals surface area (Å²) in [5, 5.41) is 27.9. The van der Waals surface area contributed by atoms with E-state index in [2.05, 4.69) is 9.97 Å². The van der Waals surface area contributed by atoms with Gasteiger partial charge in [0.2, 0.25) is 0 Å². The zero-order valence-electron chi connectivity index (χ0n) is 7.37. The molecule has 1 saturated heterocycles. The first-order chi connectivity index (χ1) is 6.74. The standard InChI is InChI=1S/C8H12N2O4/c11-2-5-6(12)7(13)8(14-5)4-1-9-3-10-4/h1,3,5-8,11-13H,2H2,(H,9,10)/t5-,6+,7+,8-/m0/s1. The Kier molecular flexibility index (Phi) is 2.51. The van der Waals surface area contributed by atoms with Crippen LogP contribution in [-0.4, -0.2) is 50.2 Å². The van der Waals surface area contributed by atoms with Crippen molar-refractivity contribution in [1.29, 1.82) is 0 Å². The van der Waals surface area contributed by atoms with E-state index in [1.54, 1.807) is 0 Å². The monoisotopic (exact) mass is 200 g/mol. The van der Waals surface area contributed by atoms with E-state index in [-0.39, 0.29) is 6.61 Å². The van der Waals surface area contributed by atoms with Gasteiger partial charge in [-0.2, -0.15) is 0 Å². The maximum atomic E-state index is 9.60. The van der Waals surface area contributed by atoms with Gasteiger partial charge in [0.1, 0.15) is 24.4 Å². The fraction of sp³-hybridized carbons (Fsp3) is 0.625. The van der Waals surface area contributed by atoms with Gasteiger partial charge in [-0.05, 0) is 0 Å². The van der Waals surface area contributed by atoms with E-state index in [9.17, 15) is 10.2 Å². The lowest BCUT2D eigenvalue weighted by atomic mass is 10.1. The van der Waals surface area contributed by atoms with Crippen LogP contribution in [0.25, 0.3) is 0 Å². The Hall–Kier alpha value is -0.950. The van der Waals surface area contributed by atoms with E-state index in [4.69, 9.17) is 9.84 Å². The van der Waals surface area contributed by atoms with Gasteiger partial charge in [-0.3, -0.25) is 0 Å². The number of nitrogens with zero attached hydrogens (tertiary/aromatic N) is 1. The van der Waals surface area contributed by atoms with Crippen molar-refractivity contribution < 1.29 is 20.1 Å². The number of hydrogen-bond donors (Lipinski definition) is 4. The van der Waals surface area contributed by atoms with Crippen LogP contribution < -0.4 is 0 Å². The summed E-state index contributed by atoms with van der Waals surface area (Å²) in [4.78, 5) is 6.57. The molecule has 4 atom stereocenters. The molecule has 0 spiro atoms. The van der Waals surface area contributed by atoms with E-state index < -0.39 is 24.4 Å². The van der Waals surface area contributed by atoms with Crippen LogP contribution in [0.3, 0.4) is 0 Å². The fourth-order valence-electron chi connectivity index (χ4n) is 1.58. The largest absolute Gasteiger partial charge is 0.394 e. The van der Waals surface area contributed by atoms with Crippen LogP contribution >= 0.6 is 0 Å². The Morgan fingerprint density at radius 2 is 2.21 bits per heavy atom. The molecule has 14 heavy (non-hydrogen) atoms. The first kappa shape index (κ1) is 9.60. The van der Waals surface area contributed by atoms with E-state index in [1.807, 2.05) is 0 Å². The molecule has 6 heteroatoms. The number of rotatable bonds is 2. The molecular formula is C8H12N2O4. The molecule has 0 radical (unpaired) electrons. The molecule has 6 nitrogen and oxygen atoms in total. The number of nitrogens with one attached hydrogen (secondary N) is 1. The number of aromatic amines is 1. The van der Waals surface area contributed by atoms with Crippen LogP contribution in [-0.2, 0) is 4.74 Å². The Bertz CT molecular complexity index is 290. The second-order valence-electron chi connectivity index (χ2n) is 3.27.